The number of nitrogens with one attached hydrogen (secondary N) is 1. The van der Waals surface area contributed by atoms with E-state index in [0.29, 0.717) is 18.4 Å². The van der Waals surface area contributed by atoms with Crippen LogP contribution in [0.25, 0.3) is 0 Å². The summed E-state index contributed by atoms with van der Waals surface area (Å²) in [4.78, 5) is 11.5. The van der Waals surface area contributed by atoms with E-state index in [-0.39, 0.29) is 18.4 Å². The van der Waals surface area contributed by atoms with Crippen LogP contribution in [0.1, 0.15) is 47.0 Å². The minimum absolute atomic E-state index is 0.102. The summed E-state index contributed by atoms with van der Waals surface area (Å²) in [6.07, 6.45) is 1.13. The summed E-state index contributed by atoms with van der Waals surface area (Å²) in [6.45, 7) is 8.94. The Labute approximate surface area is 105 Å². The third-order valence-corrected chi connectivity index (χ3v) is 2.98. The molecular formula is C13H28N2O2. The molecule has 0 aromatic rings. The van der Waals surface area contributed by atoms with Crippen LogP contribution >= 0.6 is 0 Å². The zero-order valence-electron chi connectivity index (χ0n) is 11.6. The van der Waals surface area contributed by atoms with Crippen molar-refractivity contribution in [2.75, 3.05) is 6.54 Å². The van der Waals surface area contributed by atoms with Crippen molar-refractivity contribution in [2.45, 2.75) is 59.1 Å². The maximum Gasteiger partial charge on any atom is 0.222 e. The van der Waals surface area contributed by atoms with Crippen LogP contribution in [-0.2, 0) is 4.79 Å². The second-order valence-corrected chi connectivity index (χ2v) is 5.38. The number of amides is 1. The first-order chi connectivity index (χ1) is 7.86. The van der Waals surface area contributed by atoms with Gasteiger partial charge in [-0.2, -0.15) is 0 Å². The highest BCUT2D eigenvalue weighted by molar-refractivity contribution is 5.76. The summed E-state index contributed by atoms with van der Waals surface area (Å²) in [5.41, 5.74) is 5.82. The molecule has 0 saturated carbocycles. The number of aliphatic hydroxyl groups is 1. The molecule has 0 aromatic carbocycles. The molecule has 0 aromatic heterocycles. The molecule has 4 heteroatoms. The number of hydrogen-bond acceptors (Lipinski definition) is 3. The lowest BCUT2D eigenvalue weighted by molar-refractivity contribution is -0.123. The maximum absolute atomic E-state index is 11.5. The number of carbonyl (C=O) groups excluding carboxylic acids is 1. The van der Waals surface area contributed by atoms with Gasteiger partial charge in [0.1, 0.15) is 0 Å². The molecule has 0 aliphatic heterocycles. The Balaban J connectivity index is 3.86. The highest BCUT2D eigenvalue weighted by atomic mass is 16.3. The average Bonchev–Trinajstić information content (AvgIpc) is 2.24. The van der Waals surface area contributed by atoms with Gasteiger partial charge in [-0.1, -0.05) is 34.1 Å². The van der Waals surface area contributed by atoms with Crippen molar-refractivity contribution in [3.8, 4) is 0 Å². The van der Waals surface area contributed by atoms with E-state index >= 15 is 0 Å². The van der Waals surface area contributed by atoms with Gasteiger partial charge < -0.3 is 16.2 Å². The molecule has 17 heavy (non-hydrogen) atoms. The maximum atomic E-state index is 11.5. The fraction of sp³-hybridized carbons (Fsp3) is 0.923. The Morgan fingerprint density at radius 2 is 1.94 bits per heavy atom. The molecule has 0 aliphatic rings. The molecule has 0 radical (unpaired) electrons. The van der Waals surface area contributed by atoms with Crippen molar-refractivity contribution in [3.63, 3.8) is 0 Å². The van der Waals surface area contributed by atoms with Crippen molar-refractivity contribution in [1.82, 2.24) is 5.32 Å². The van der Waals surface area contributed by atoms with E-state index in [1.165, 1.54) is 0 Å². The standard InChI is InChI=1S/C13H28N2O2/c1-5-10(4)8-15-13(17)7-12(16)11(14)6-9(2)3/h9-12,16H,5-8,14H2,1-4H3,(H,15,17). The Kier molecular flexibility index (Phi) is 8.17. The molecule has 0 fully saturated rings. The van der Waals surface area contributed by atoms with Crippen molar-refractivity contribution < 1.29 is 9.90 Å². The van der Waals surface area contributed by atoms with Crippen LogP contribution < -0.4 is 11.1 Å². The van der Waals surface area contributed by atoms with Gasteiger partial charge in [-0.3, -0.25) is 4.79 Å². The minimum Gasteiger partial charge on any atom is -0.391 e. The zero-order chi connectivity index (χ0) is 13.4. The Morgan fingerprint density at radius 1 is 1.35 bits per heavy atom. The van der Waals surface area contributed by atoms with E-state index < -0.39 is 6.10 Å². The van der Waals surface area contributed by atoms with E-state index in [0.717, 1.165) is 12.8 Å². The lowest BCUT2D eigenvalue weighted by Gasteiger charge is -2.20. The molecule has 0 aliphatic carbocycles. The molecule has 1 amide bonds. The smallest absolute Gasteiger partial charge is 0.222 e. The van der Waals surface area contributed by atoms with Gasteiger partial charge in [0.15, 0.2) is 0 Å². The van der Waals surface area contributed by atoms with Crippen molar-refractivity contribution in [3.05, 3.63) is 0 Å². The van der Waals surface area contributed by atoms with Gasteiger partial charge in [0, 0.05) is 12.6 Å². The summed E-state index contributed by atoms with van der Waals surface area (Å²) in [7, 11) is 0. The van der Waals surface area contributed by atoms with Gasteiger partial charge in [0.05, 0.1) is 12.5 Å². The largest absolute Gasteiger partial charge is 0.391 e. The summed E-state index contributed by atoms with van der Waals surface area (Å²) in [6, 6.07) is -0.315. The van der Waals surface area contributed by atoms with Crippen molar-refractivity contribution in [2.24, 2.45) is 17.6 Å². The Hall–Kier alpha value is -0.610. The van der Waals surface area contributed by atoms with Gasteiger partial charge in [0.2, 0.25) is 5.91 Å². The lowest BCUT2D eigenvalue weighted by Crippen LogP contribution is -2.40. The molecule has 0 saturated heterocycles. The van der Waals surface area contributed by atoms with Gasteiger partial charge >= 0.3 is 0 Å². The molecule has 0 rings (SSSR count). The van der Waals surface area contributed by atoms with Crippen molar-refractivity contribution >= 4 is 5.91 Å². The van der Waals surface area contributed by atoms with E-state index in [2.05, 4.69) is 33.0 Å². The molecule has 102 valence electrons. The first-order valence-electron chi connectivity index (χ1n) is 6.57. The molecule has 4 nitrogen and oxygen atoms in total. The number of carbonyl (C=O) groups is 1. The number of nitrogens with two attached hydrogens (primary N) is 1. The third-order valence-electron chi connectivity index (χ3n) is 2.98. The molecule has 3 unspecified atom stereocenters. The average molecular weight is 244 g/mol. The van der Waals surface area contributed by atoms with Crippen LogP contribution in [0.5, 0.6) is 0 Å². The summed E-state index contributed by atoms with van der Waals surface area (Å²) in [5, 5.41) is 12.6. The monoisotopic (exact) mass is 244 g/mol. The summed E-state index contributed by atoms with van der Waals surface area (Å²) >= 11 is 0. The van der Waals surface area contributed by atoms with Crippen LogP contribution in [-0.4, -0.2) is 29.7 Å². The van der Waals surface area contributed by atoms with Crippen LogP contribution in [0.2, 0.25) is 0 Å². The second-order valence-electron chi connectivity index (χ2n) is 5.38. The molecular weight excluding hydrogens is 216 g/mol. The zero-order valence-corrected chi connectivity index (χ0v) is 11.6. The van der Waals surface area contributed by atoms with E-state index in [4.69, 9.17) is 5.73 Å². The van der Waals surface area contributed by atoms with E-state index in [1.54, 1.807) is 0 Å². The fourth-order valence-corrected chi connectivity index (χ4v) is 1.55. The number of rotatable bonds is 8. The van der Waals surface area contributed by atoms with Gasteiger partial charge in [-0.15, -0.1) is 0 Å². The molecule has 3 atom stereocenters. The Bertz CT molecular complexity index is 219. The second kappa shape index (κ2) is 8.48. The van der Waals surface area contributed by atoms with E-state index in [1.807, 2.05) is 0 Å². The Morgan fingerprint density at radius 3 is 2.41 bits per heavy atom. The quantitative estimate of drug-likeness (QED) is 0.602. The van der Waals surface area contributed by atoms with Crippen LogP contribution in [0.4, 0.5) is 0 Å². The number of aliphatic hydroxyl groups excluding tert-OH is 1. The van der Waals surface area contributed by atoms with Crippen LogP contribution in [0, 0.1) is 11.8 Å². The van der Waals surface area contributed by atoms with Gasteiger partial charge in [-0.25, -0.2) is 0 Å². The molecule has 4 N–H and O–H groups in total. The highest BCUT2D eigenvalue weighted by Crippen LogP contribution is 2.08. The van der Waals surface area contributed by atoms with E-state index in [9.17, 15) is 9.90 Å². The van der Waals surface area contributed by atoms with Crippen LogP contribution in [0.15, 0.2) is 0 Å². The fourth-order valence-electron chi connectivity index (χ4n) is 1.55. The molecule has 0 spiro atoms. The first-order valence-corrected chi connectivity index (χ1v) is 6.57. The molecule has 0 heterocycles. The minimum atomic E-state index is -0.741. The number of hydrogen-bond donors (Lipinski definition) is 3. The molecule has 0 bridgehead atoms. The first kappa shape index (κ1) is 16.4. The van der Waals surface area contributed by atoms with Crippen molar-refractivity contribution in [1.29, 1.82) is 0 Å². The predicted octanol–water partition coefficient (Wildman–Crippen LogP) is 1.27. The predicted molar refractivity (Wildman–Crippen MR) is 70.5 cm³/mol. The summed E-state index contributed by atoms with van der Waals surface area (Å²) < 4.78 is 0. The normalized spacial score (nSPS) is 16.6. The summed E-state index contributed by atoms with van der Waals surface area (Å²) in [5.74, 6) is 0.792. The lowest BCUT2D eigenvalue weighted by atomic mass is 9.98. The highest BCUT2D eigenvalue weighted by Gasteiger charge is 2.19. The van der Waals surface area contributed by atoms with Gasteiger partial charge in [-0.05, 0) is 18.3 Å². The SMILES string of the molecule is CCC(C)CNC(=O)CC(O)C(N)CC(C)C. The van der Waals surface area contributed by atoms with Crippen LogP contribution in [0.3, 0.4) is 0 Å². The topological polar surface area (TPSA) is 75.3 Å². The van der Waals surface area contributed by atoms with Gasteiger partial charge in [0.25, 0.3) is 0 Å². The third kappa shape index (κ3) is 8.16.